The molecular formula is C35H45ClN7O18P3S. The number of aromatic nitrogens is 4. The average molecular weight is 1010 g/mol. The van der Waals surface area contributed by atoms with Crippen LogP contribution in [-0.4, -0.2) is 123 Å². The van der Waals surface area contributed by atoms with E-state index in [-0.39, 0.29) is 47.4 Å². The summed E-state index contributed by atoms with van der Waals surface area (Å²) in [5.74, 6) is -0.695. The topological polar surface area (TPSA) is 373 Å². The van der Waals surface area contributed by atoms with Gasteiger partial charge in [0.1, 0.15) is 48.6 Å². The first kappa shape index (κ1) is 52.1. The van der Waals surface area contributed by atoms with Crippen LogP contribution in [0.2, 0.25) is 5.02 Å². The molecule has 0 saturated carbocycles. The van der Waals surface area contributed by atoms with Gasteiger partial charge in [-0.25, -0.2) is 28.6 Å². The van der Waals surface area contributed by atoms with Gasteiger partial charge in [-0.3, -0.25) is 32.5 Å². The van der Waals surface area contributed by atoms with Gasteiger partial charge in [-0.05, 0) is 42.0 Å². The standard InChI is InChI=1S/C35H45ClN7O18P3S/c1-35(2,29(46)32(47)39-12-11-25(44)38-13-14-65-34(48)21-5-9-23(10-6-21)56-15-20-3-7-22(36)8-4-20)17-58-64(54,55)61-63(52,53)57-16-24-28(60-62(49,50)51)27(45)33(59-24)43-19-42-26-30(37)40-18-41-31(26)43/h3-10,18-19,24,27-29,33,45-46H,11-17H2,1-2H3,(H,38,44)(H,39,47)(H,52,53)(H,54,55)(H2,37,40,41)(H2,49,50,51). The van der Waals surface area contributed by atoms with Gasteiger partial charge in [0.15, 0.2) is 17.7 Å². The van der Waals surface area contributed by atoms with Crippen molar-refractivity contribution in [1.82, 2.24) is 30.2 Å². The highest BCUT2D eigenvalue weighted by Crippen LogP contribution is 2.61. The second kappa shape index (κ2) is 22.3. The number of rotatable bonds is 23. The van der Waals surface area contributed by atoms with Crippen LogP contribution in [0.4, 0.5) is 5.82 Å². The molecule has 1 saturated heterocycles. The number of nitrogens with zero attached hydrogens (tertiary/aromatic N) is 4. The molecule has 0 spiro atoms. The number of fused-ring (bicyclic) bond motifs is 1. The Morgan fingerprint density at radius 3 is 2.32 bits per heavy atom. The fourth-order valence-corrected chi connectivity index (χ4v) is 9.44. The van der Waals surface area contributed by atoms with Crippen molar-refractivity contribution < 1.29 is 85.2 Å². The normalized spacial score (nSPS) is 20.1. The highest BCUT2D eigenvalue weighted by atomic mass is 35.5. The summed E-state index contributed by atoms with van der Waals surface area (Å²) in [6.45, 7) is 0.667. The summed E-state index contributed by atoms with van der Waals surface area (Å²) >= 11 is 6.88. The largest absolute Gasteiger partial charge is 0.489 e. The van der Waals surface area contributed by atoms with Crippen LogP contribution in [0.15, 0.2) is 61.2 Å². The van der Waals surface area contributed by atoms with Crippen molar-refractivity contribution in [2.75, 3.05) is 37.8 Å². The summed E-state index contributed by atoms with van der Waals surface area (Å²) in [7, 11) is -16.5. The van der Waals surface area contributed by atoms with Crippen LogP contribution in [0.5, 0.6) is 5.75 Å². The molecule has 356 valence electrons. The monoisotopic (exact) mass is 1010 g/mol. The molecule has 0 radical (unpaired) electrons. The Kier molecular flexibility index (Phi) is 17.8. The van der Waals surface area contributed by atoms with Crippen molar-refractivity contribution in [3.05, 3.63) is 77.3 Å². The third-order valence-electron chi connectivity index (χ3n) is 9.14. The van der Waals surface area contributed by atoms with E-state index in [9.17, 15) is 57.9 Å². The average Bonchev–Trinajstić information content (AvgIpc) is 3.80. The molecule has 25 nitrogen and oxygen atoms in total. The van der Waals surface area contributed by atoms with E-state index >= 15 is 0 Å². The third-order valence-corrected chi connectivity index (χ3v) is 13.4. The Hall–Kier alpha value is -3.91. The van der Waals surface area contributed by atoms with E-state index in [1.807, 2.05) is 12.1 Å². The second-order valence-electron chi connectivity index (χ2n) is 14.6. The Labute approximate surface area is 378 Å². The SMILES string of the molecule is CC(C)(COP(=O)(O)OP(=O)(O)OCC1OC(n2cnc3c(N)ncnc32)C(O)C1OP(=O)(O)O)C(O)C(=O)NCCC(=O)NCCSC(=O)c1ccc(OCc2ccc(Cl)cc2)cc1. The number of nitrogens with two attached hydrogens (primary N) is 1. The lowest BCUT2D eigenvalue weighted by Crippen LogP contribution is -2.46. The number of thioether (sulfide) groups is 1. The lowest BCUT2D eigenvalue weighted by atomic mass is 9.87. The van der Waals surface area contributed by atoms with Crippen molar-refractivity contribution in [2.24, 2.45) is 5.41 Å². The number of imidazole rings is 1. The zero-order valence-electron chi connectivity index (χ0n) is 34.2. The maximum absolute atomic E-state index is 12.7. The van der Waals surface area contributed by atoms with E-state index in [1.165, 1.54) is 13.8 Å². The molecule has 10 N–H and O–H groups in total. The Morgan fingerprint density at radius 1 is 0.969 bits per heavy atom. The smallest absolute Gasteiger partial charge is 0.481 e. The molecular weight excluding hydrogens is 967 g/mol. The molecule has 2 aromatic heterocycles. The predicted octanol–water partition coefficient (Wildman–Crippen LogP) is 2.21. The molecule has 1 fully saturated rings. The molecule has 0 bridgehead atoms. The first-order valence-electron chi connectivity index (χ1n) is 19.0. The minimum atomic E-state index is -5.59. The maximum atomic E-state index is 12.7. The number of ether oxygens (including phenoxy) is 2. The molecule has 0 aliphatic carbocycles. The number of nitrogen functional groups attached to an aromatic ring is 1. The van der Waals surface area contributed by atoms with Crippen molar-refractivity contribution in [3.8, 4) is 5.75 Å². The van der Waals surface area contributed by atoms with Gasteiger partial charge in [-0.1, -0.05) is 49.3 Å². The van der Waals surface area contributed by atoms with E-state index in [1.54, 1.807) is 36.4 Å². The fraction of sp³-hybridized carbons (Fsp3) is 0.429. The van der Waals surface area contributed by atoms with E-state index in [4.69, 9.17) is 35.9 Å². The van der Waals surface area contributed by atoms with Crippen molar-refractivity contribution >= 4 is 80.7 Å². The van der Waals surface area contributed by atoms with E-state index in [0.29, 0.717) is 22.9 Å². The quantitative estimate of drug-likeness (QED) is 0.0380. The van der Waals surface area contributed by atoms with Gasteiger partial charge < -0.3 is 55.6 Å². The van der Waals surface area contributed by atoms with Crippen molar-refractivity contribution in [2.45, 2.75) is 57.5 Å². The van der Waals surface area contributed by atoms with E-state index < -0.39 is 84.6 Å². The van der Waals surface area contributed by atoms with Gasteiger partial charge in [0.05, 0.1) is 19.5 Å². The van der Waals surface area contributed by atoms with Crippen LogP contribution < -0.4 is 21.1 Å². The number of carbonyl (C=O) groups is 3. The van der Waals surface area contributed by atoms with Crippen LogP contribution in [-0.2, 0) is 52.5 Å². The molecule has 7 atom stereocenters. The second-order valence-corrected chi connectivity index (χ2v) is 20.4. The number of amides is 2. The van der Waals surface area contributed by atoms with Gasteiger partial charge in [0, 0.05) is 41.3 Å². The number of phosphoric acid groups is 3. The number of phosphoric ester groups is 3. The van der Waals surface area contributed by atoms with Gasteiger partial charge in [0.2, 0.25) is 16.9 Å². The van der Waals surface area contributed by atoms with Crippen LogP contribution >= 0.6 is 46.8 Å². The lowest BCUT2D eigenvalue weighted by Gasteiger charge is -2.30. The zero-order valence-corrected chi connectivity index (χ0v) is 38.4. The maximum Gasteiger partial charge on any atom is 0.481 e. The molecule has 5 rings (SSSR count). The molecule has 3 heterocycles. The van der Waals surface area contributed by atoms with Crippen LogP contribution in [0.1, 0.15) is 42.4 Å². The van der Waals surface area contributed by atoms with Crippen LogP contribution in [0, 0.1) is 5.41 Å². The Balaban J connectivity index is 1.01. The molecule has 4 aromatic rings. The summed E-state index contributed by atoms with van der Waals surface area (Å²) in [5, 5.41) is 26.9. The molecule has 1 aliphatic heterocycles. The predicted molar refractivity (Wildman–Crippen MR) is 229 cm³/mol. The minimum Gasteiger partial charge on any atom is -0.489 e. The number of carbonyl (C=O) groups excluding carboxylic acids is 3. The Morgan fingerprint density at radius 2 is 1.65 bits per heavy atom. The number of halogens is 1. The summed E-state index contributed by atoms with van der Waals surface area (Å²) in [6.07, 6.45) is -7.03. The molecule has 1 aliphatic rings. The van der Waals surface area contributed by atoms with Crippen LogP contribution in [0.3, 0.4) is 0 Å². The molecule has 7 unspecified atom stereocenters. The number of anilines is 1. The van der Waals surface area contributed by atoms with Gasteiger partial charge in [-0.15, -0.1) is 0 Å². The van der Waals surface area contributed by atoms with Crippen LogP contribution in [0.25, 0.3) is 11.2 Å². The van der Waals surface area contributed by atoms with Gasteiger partial charge in [-0.2, -0.15) is 4.31 Å². The summed E-state index contributed by atoms with van der Waals surface area (Å²) in [4.78, 5) is 88.7. The molecule has 2 aromatic carbocycles. The summed E-state index contributed by atoms with van der Waals surface area (Å²) < 4.78 is 68.1. The lowest BCUT2D eigenvalue weighted by molar-refractivity contribution is -0.137. The number of hydrogen-bond acceptors (Lipinski definition) is 19. The minimum absolute atomic E-state index is 0.0244. The number of nitrogens with one attached hydrogen (secondary N) is 2. The number of hydrogen-bond donors (Lipinski definition) is 9. The third kappa shape index (κ3) is 15.3. The Bertz CT molecular complexity index is 2450. The number of aliphatic hydroxyl groups is 2. The van der Waals surface area contributed by atoms with Gasteiger partial charge >= 0.3 is 23.5 Å². The van der Waals surface area contributed by atoms with E-state index in [0.717, 1.165) is 34.5 Å². The summed E-state index contributed by atoms with van der Waals surface area (Å²) in [6, 6.07) is 13.8. The molecule has 2 amide bonds. The first-order valence-corrected chi connectivity index (χ1v) is 24.9. The van der Waals surface area contributed by atoms with Crippen molar-refractivity contribution in [1.29, 1.82) is 0 Å². The van der Waals surface area contributed by atoms with E-state index in [2.05, 4.69) is 34.4 Å². The zero-order chi connectivity index (χ0) is 47.7. The van der Waals surface area contributed by atoms with Gasteiger partial charge in [0.25, 0.3) is 0 Å². The highest BCUT2D eigenvalue weighted by Gasteiger charge is 2.50. The first-order chi connectivity index (χ1) is 30.4. The number of benzene rings is 2. The molecule has 65 heavy (non-hydrogen) atoms. The molecule has 30 heteroatoms. The summed E-state index contributed by atoms with van der Waals surface area (Å²) in [5.41, 5.74) is 5.60. The number of aliphatic hydroxyl groups excluding tert-OH is 2. The fourth-order valence-electron chi connectivity index (χ4n) is 5.79. The highest BCUT2D eigenvalue weighted by molar-refractivity contribution is 8.14. The van der Waals surface area contributed by atoms with Crippen molar-refractivity contribution in [3.63, 3.8) is 0 Å².